The van der Waals surface area contributed by atoms with E-state index >= 15 is 0 Å². The Labute approximate surface area is 157 Å². The highest BCUT2D eigenvalue weighted by Crippen LogP contribution is 2.28. The van der Waals surface area contributed by atoms with Crippen LogP contribution in [0.4, 0.5) is 0 Å². The lowest BCUT2D eigenvalue weighted by molar-refractivity contribution is 0.303. The summed E-state index contributed by atoms with van der Waals surface area (Å²) >= 11 is 0. The lowest BCUT2D eigenvalue weighted by Gasteiger charge is -2.22. The largest absolute Gasteiger partial charge is 0.493 e. The predicted molar refractivity (Wildman–Crippen MR) is 103 cm³/mol. The second-order valence-corrected chi connectivity index (χ2v) is 7.18. The van der Waals surface area contributed by atoms with Crippen LogP contribution in [0.5, 0.6) is 5.75 Å². The molecule has 0 radical (unpaired) electrons. The molecule has 0 amide bonds. The molecular weight excluding hydrogens is 342 g/mol. The number of rotatable bonds is 7. The van der Waals surface area contributed by atoms with Gasteiger partial charge in [-0.1, -0.05) is 25.3 Å². The van der Waals surface area contributed by atoms with Crippen LogP contribution in [-0.4, -0.2) is 31.8 Å². The lowest BCUT2D eigenvalue weighted by Crippen LogP contribution is -2.17. The zero-order chi connectivity index (χ0) is 18.5. The van der Waals surface area contributed by atoms with Crippen molar-refractivity contribution >= 4 is 10.9 Å². The van der Waals surface area contributed by atoms with Crippen molar-refractivity contribution in [1.82, 2.24) is 25.2 Å². The molecule has 0 atom stereocenters. The van der Waals surface area contributed by atoms with Crippen LogP contribution in [0.3, 0.4) is 0 Å². The van der Waals surface area contributed by atoms with E-state index in [1.807, 2.05) is 28.9 Å². The summed E-state index contributed by atoms with van der Waals surface area (Å²) < 4.78 is 7.99. The van der Waals surface area contributed by atoms with Gasteiger partial charge in [0, 0.05) is 17.9 Å². The first-order chi connectivity index (χ1) is 13.3. The Morgan fingerprint density at radius 3 is 2.89 bits per heavy atom. The number of aromatic amines is 1. The van der Waals surface area contributed by atoms with Gasteiger partial charge in [0.25, 0.3) is 0 Å². The molecule has 2 heterocycles. The molecular formula is C20H25N5O2. The van der Waals surface area contributed by atoms with Gasteiger partial charge in [-0.25, -0.2) is 4.68 Å². The third-order valence-electron chi connectivity index (χ3n) is 5.26. The van der Waals surface area contributed by atoms with Crippen molar-refractivity contribution in [3.05, 3.63) is 46.5 Å². The molecule has 1 aliphatic rings. The Hall–Kier alpha value is -2.70. The minimum Gasteiger partial charge on any atom is -0.493 e. The van der Waals surface area contributed by atoms with E-state index in [1.165, 1.54) is 38.2 Å². The molecule has 7 nitrogen and oxygen atoms in total. The maximum absolute atomic E-state index is 11.4. The molecule has 0 spiro atoms. The van der Waals surface area contributed by atoms with Gasteiger partial charge < -0.3 is 9.72 Å². The van der Waals surface area contributed by atoms with Gasteiger partial charge in [0.1, 0.15) is 5.75 Å². The quantitative estimate of drug-likeness (QED) is 0.647. The molecule has 3 aromatic rings. The van der Waals surface area contributed by atoms with E-state index in [9.17, 15) is 4.79 Å². The van der Waals surface area contributed by atoms with Gasteiger partial charge in [-0.2, -0.15) is 0 Å². The van der Waals surface area contributed by atoms with Crippen molar-refractivity contribution in [3.8, 4) is 5.75 Å². The van der Waals surface area contributed by atoms with Crippen LogP contribution in [-0.2, 0) is 6.42 Å². The third-order valence-corrected chi connectivity index (χ3v) is 5.26. The second-order valence-electron chi connectivity index (χ2n) is 7.18. The van der Waals surface area contributed by atoms with Crippen LogP contribution in [0.15, 0.2) is 35.1 Å². The van der Waals surface area contributed by atoms with Crippen LogP contribution in [0.2, 0.25) is 0 Å². The molecule has 1 N–H and O–H groups in total. The lowest BCUT2D eigenvalue weighted by atomic mass is 9.95. The van der Waals surface area contributed by atoms with Crippen LogP contribution in [0.1, 0.15) is 56.8 Å². The van der Waals surface area contributed by atoms with Crippen molar-refractivity contribution in [2.75, 3.05) is 6.61 Å². The molecule has 1 aliphatic carbocycles. The topological polar surface area (TPSA) is 85.7 Å². The summed E-state index contributed by atoms with van der Waals surface area (Å²) in [4.78, 5) is 14.3. The highest BCUT2D eigenvalue weighted by molar-refractivity contribution is 5.84. The summed E-state index contributed by atoms with van der Waals surface area (Å²) in [6.45, 7) is 0.628. The molecule has 0 aliphatic heterocycles. The smallest absolute Gasteiger partial charge is 0.248 e. The fraction of sp³-hybridized carbons (Fsp3) is 0.500. The number of benzene rings is 1. The maximum atomic E-state index is 11.4. The number of aryl methyl sites for hydroxylation is 1. The van der Waals surface area contributed by atoms with Crippen LogP contribution >= 0.6 is 0 Å². The van der Waals surface area contributed by atoms with Crippen LogP contribution in [0, 0.1) is 0 Å². The molecule has 7 heteroatoms. The molecule has 27 heavy (non-hydrogen) atoms. The molecule has 1 saturated carbocycles. The normalized spacial score (nSPS) is 15.3. The Bertz CT molecular complexity index is 943. The summed E-state index contributed by atoms with van der Waals surface area (Å²) in [5.74, 6) is 1.79. The van der Waals surface area contributed by atoms with E-state index in [0.29, 0.717) is 12.6 Å². The first-order valence-corrected chi connectivity index (χ1v) is 9.83. The fourth-order valence-corrected chi connectivity index (χ4v) is 3.84. The number of H-pyrrole nitrogens is 1. The van der Waals surface area contributed by atoms with Gasteiger partial charge in [0.15, 0.2) is 5.82 Å². The minimum atomic E-state index is -0.102. The predicted octanol–water partition coefficient (Wildman–Crippen LogP) is 3.42. The first-order valence-electron chi connectivity index (χ1n) is 9.83. The van der Waals surface area contributed by atoms with E-state index in [0.717, 1.165) is 41.7 Å². The molecule has 1 aromatic carbocycles. The average molecular weight is 367 g/mol. The number of unbranched alkanes of at least 4 members (excludes halogenated alkanes) is 1. The number of tetrazole rings is 1. The van der Waals surface area contributed by atoms with Gasteiger partial charge in [-0.15, -0.1) is 5.10 Å². The van der Waals surface area contributed by atoms with Gasteiger partial charge >= 0.3 is 0 Å². The monoisotopic (exact) mass is 367 g/mol. The molecule has 4 rings (SSSR count). The zero-order valence-electron chi connectivity index (χ0n) is 15.4. The molecule has 0 saturated heterocycles. The third kappa shape index (κ3) is 4.18. The molecule has 1 fully saturated rings. The van der Waals surface area contributed by atoms with Gasteiger partial charge in [-0.05, 0) is 54.3 Å². The van der Waals surface area contributed by atoms with Gasteiger partial charge in [-0.3, -0.25) is 4.79 Å². The summed E-state index contributed by atoms with van der Waals surface area (Å²) in [6, 6.07) is 9.52. The van der Waals surface area contributed by atoms with Gasteiger partial charge in [0.2, 0.25) is 5.56 Å². The summed E-state index contributed by atoms with van der Waals surface area (Å²) in [6.07, 6.45) is 9.02. The molecule has 0 unspecified atom stereocenters. The van der Waals surface area contributed by atoms with Crippen LogP contribution < -0.4 is 10.3 Å². The Balaban J connectivity index is 1.29. The van der Waals surface area contributed by atoms with E-state index in [1.54, 1.807) is 0 Å². The molecule has 2 aromatic heterocycles. The first kappa shape index (κ1) is 17.7. The SMILES string of the molecule is O=c1ccc2c(OCCCCc3nnnn3C3CCCCC3)cccc2[nH]1. The number of hydrogen-bond donors (Lipinski definition) is 1. The second kappa shape index (κ2) is 8.33. The number of fused-ring (bicyclic) bond motifs is 1. The summed E-state index contributed by atoms with van der Waals surface area (Å²) in [5.41, 5.74) is 0.696. The van der Waals surface area contributed by atoms with Crippen molar-refractivity contribution in [1.29, 1.82) is 0 Å². The highest BCUT2D eigenvalue weighted by Gasteiger charge is 2.19. The van der Waals surface area contributed by atoms with E-state index in [-0.39, 0.29) is 5.56 Å². The van der Waals surface area contributed by atoms with E-state index in [2.05, 4.69) is 20.5 Å². The van der Waals surface area contributed by atoms with E-state index < -0.39 is 0 Å². The number of ether oxygens (including phenoxy) is 1. The number of hydrogen-bond acceptors (Lipinski definition) is 5. The minimum absolute atomic E-state index is 0.102. The maximum Gasteiger partial charge on any atom is 0.248 e. The van der Waals surface area contributed by atoms with Crippen molar-refractivity contribution in [2.45, 2.75) is 57.4 Å². The van der Waals surface area contributed by atoms with Crippen molar-refractivity contribution in [2.24, 2.45) is 0 Å². The van der Waals surface area contributed by atoms with Crippen molar-refractivity contribution in [3.63, 3.8) is 0 Å². The summed E-state index contributed by atoms with van der Waals surface area (Å²) in [5, 5.41) is 13.3. The highest BCUT2D eigenvalue weighted by atomic mass is 16.5. The average Bonchev–Trinajstić information content (AvgIpc) is 3.17. The standard InChI is InChI=1S/C20H25N5O2/c26-20-13-12-16-17(21-20)9-6-10-18(16)27-14-5-4-11-19-22-23-24-25(19)15-7-2-1-3-8-15/h6,9-10,12-13,15H,1-5,7-8,11,14H2,(H,21,26). The Kier molecular flexibility index (Phi) is 5.46. The number of nitrogens with one attached hydrogen (secondary N) is 1. The van der Waals surface area contributed by atoms with E-state index in [4.69, 9.17) is 4.74 Å². The Morgan fingerprint density at radius 1 is 1.11 bits per heavy atom. The van der Waals surface area contributed by atoms with Crippen molar-refractivity contribution < 1.29 is 4.74 Å². The Morgan fingerprint density at radius 2 is 2.00 bits per heavy atom. The number of aromatic nitrogens is 5. The molecule has 0 bridgehead atoms. The number of pyridine rings is 1. The summed E-state index contributed by atoms with van der Waals surface area (Å²) in [7, 11) is 0. The number of nitrogens with zero attached hydrogens (tertiary/aromatic N) is 4. The van der Waals surface area contributed by atoms with Gasteiger partial charge in [0.05, 0.1) is 18.2 Å². The van der Waals surface area contributed by atoms with Crippen LogP contribution in [0.25, 0.3) is 10.9 Å². The zero-order valence-corrected chi connectivity index (χ0v) is 15.4. The molecule has 142 valence electrons. The fourth-order valence-electron chi connectivity index (χ4n) is 3.84.